The normalized spacial score (nSPS) is 11.8. The van der Waals surface area contributed by atoms with Crippen LogP contribution in [0.2, 0.25) is 0 Å². The Kier molecular flexibility index (Phi) is 4.99. The summed E-state index contributed by atoms with van der Waals surface area (Å²) in [5, 5.41) is 6.84. The van der Waals surface area contributed by atoms with Crippen molar-refractivity contribution in [1.29, 1.82) is 0 Å². The Labute approximate surface area is 126 Å². The van der Waals surface area contributed by atoms with Crippen LogP contribution in [0.5, 0.6) is 0 Å². The number of nitrogens with one attached hydrogen (secondary N) is 2. The van der Waals surface area contributed by atoms with Crippen molar-refractivity contribution in [2.75, 3.05) is 17.2 Å². The second kappa shape index (κ2) is 6.93. The molecule has 0 aliphatic rings. The minimum atomic E-state index is 0.0933. The average Bonchev–Trinajstić information content (AvgIpc) is 2.46. The van der Waals surface area contributed by atoms with E-state index in [0.29, 0.717) is 0 Å². The third-order valence-electron chi connectivity index (χ3n) is 3.33. The lowest BCUT2D eigenvalue weighted by molar-refractivity contribution is 0.101. The zero-order valence-electron chi connectivity index (χ0n) is 12.8. The largest absolute Gasteiger partial charge is 0.383 e. The zero-order chi connectivity index (χ0) is 15.2. The van der Waals surface area contributed by atoms with Gasteiger partial charge in [0.25, 0.3) is 0 Å². The van der Waals surface area contributed by atoms with Gasteiger partial charge >= 0.3 is 0 Å². The highest BCUT2D eigenvalue weighted by atomic mass is 16.1. The van der Waals surface area contributed by atoms with Crippen molar-refractivity contribution in [3.8, 4) is 0 Å². The van der Waals surface area contributed by atoms with E-state index in [9.17, 15) is 4.79 Å². The van der Waals surface area contributed by atoms with Crippen LogP contribution in [0.25, 0.3) is 0 Å². The van der Waals surface area contributed by atoms with E-state index in [4.69, 9.17) is 0 Å². The van der Waals surface area contributed by atoms with E-state index in [-0.39, 0.29) is 11.8 Å². The third kappa shape index (κ3) is 4.63. The number of carbonyl (C=O) groups excluding carboxylic acids is 1. The molecule has 21 heavy (non-hydrogen) atoms. The maximum atomic E-state index is 11.2. The van der Waals surface area contributed by atoms with Crippen LogP contribution in [0.15, 0.2) is 48.5 Å². The quantitative estimate of drug-likeness (QED) is 0.783. The van der Waals surface area contributed by atoms with Crippen molar-refractivity contribution in [3.63, 3.8) is 0 Å². The van der Waals surface area contributed by atoms with Gasteiger partial charge in [0.15, 0.2) is 5.78 Å². The number of carbonyl (C=O) groups is 1. The number of Topliss-reactive ketones (excluding diaryl/α,β-unsaturated/α-hetero) is 1. The van der Waals surface area contributed by atoms with Crippen LogP contribution >= 0.6 is 0 Å². The molecule has 0 spiro atoms. The molecule has 0 saturated carbocycles. The van der Waals surface area contributed by atoms with Crippen molar-refractivity contribution in [3.05, 3.63) is 59.7 Å². The van der Waals surface area contributed by atoms with Gasteiger partial charge in [-0.25, -0.2) is 0 Å². The van der Waals surface area contributed by atoms with Gasteiger partial charge in [0.1, 0.15) is 0 Å². The zero-order valence-corrected chi connectivity index (χ0v) is 12.8. The fourth-order valence-corrected chi connectivity index (χ4v) is 2.16. The first-order chi connectivity index (χ1) is 10.0. The number of ketones is 1. The van der Waals surface area contributed by atoms with Crippen LogP contribution in [0.3, 0.4) is 0 Å². The van der Waals surface area contributed by atoms with Gasteiger partial charge in [-0.2, -0.15) is 0 Å². The molecule has 2 rings (SSSR count). The van der Waals surface area contributed by atoms with Gasteiger partial charge in [-0.05, 0) is 62.7 Å². The van der Waals surface area contributed by atoms with Gasteiger partial charge in [0.05, 0.1) is 0 Å². The predicted molar refractivity (Wildman–Crippen MR) is 89.2 cm³/mol. The van der Waals surface area contributed by atoms with Gasteiger partial charge in [-0.3, -0.25) is 4.79 Å². The van der Waals surface area contributed by atoms with Gasteiger partial charge in [0, 0.05) is 29.5 Å². The lowest BCUT2D eigenvalue weighted by Gasteiger charge is -2.17. The summed E-state index contributed by atoms with van der Waals surface area (Å²) in [6.45, 7) is 6.62. The Bertz CT molecular complexity index is 605. The molecule has 1 atom stereocenters. The molecule has 2 aromatic carbocycles. The van der Waals surface area contributed by atoms with E-state index in [0.717, 1.165) is 23.5 Å². The lowest BCUT2D eigenvalue weighted by atomic mass is 10.1. The number of hydrogen-bond donors (Lipinski definition) is 2. The summed E-state index contributed by atoms with van der Waals surface area (Å²) in [7, 11) is 0. The van der Waals surface area contributed by atoms with Crippen molar-refractivity contribution < 1.29 is 4.79 Å². The van der Waals surface area contributed by atoms with Crippen LogP contribution in [-0.2, 0) is 0 Å². The smallest absolute Gasteiger partial charge is 0.159 e. The molecule has 0 fully saturated rings. The van der Waals surface area contributed by atoms with E-state index < -0.39 is 0 Å². The topological polar surface area (TPSA) is 41.1 Å². The molecule has 0 aromatic heterocycles. The predicted octanol–water partition coefficient (Wildman–Crippen LogP) is 4.11. The first kappa shape index (κ1) is 15.1. The Morgan fingerprint density at radius 3 is 2.43 bits per heavy atom. The standard InChI is InChI=1S/C18H22N2O/c1-13-5-4-6-18(11-13)19-12-14(2)20-17-9-7-16(8-10-17)15(3)21/h4-11,14,19-20H,12H2,1-3H3/t14-/m1/s1. The lowest BCUT2D eigenvalue weighted by Crippen LogP contribution is -2.24. The van der Waals surface area contributed by atoms with Crippen LogP contribution in [0, 0.1) is 6.92 Å². The molecule has 0 radical (unpaired) electrons. The van der Waals surface area contributed by atoms with Crippen molar-refractivity contribution in [1.82, 2.24) is 0 Å². The molecule has 0 amide bonds. The summed E-state index contributed by atoms with van der Waals surface area (Å²) >= 11 is 0. The van der Waals surface area contributed by atoms with Gasteiger partial charge < -0.3 is 10.6 Å². The van der Waals surface area contributed by atoms with Crippen molar-refractivity contribution >= 4 is 17.2 Å². The van der Waals surface area contributed by atoms with Crippen LogP contribution in [0.4, 0.5) is 11.4 Å². The fraction of sp³-hybridized carbons (Fsp3) is 0.278. The SMILES string of the molecule is CC(=O)c1ccc(N[C@H](C)CNc2cccc(C)c2)cc1. The number of benzene rings is 2. The van der Waals surface area contributed by atoms with Crippen LogP contribution in [0.1, 0.15) is 29.8 Å². The average molecular weight is 282 g/mol. The number of rotatable bonds is 6. The Hall–Kier alpha value is -2.29. The molecule has 0 bridgehead atoms. The molecular formula is C18H22N2O. The molecule has 0 heterocycles. The Morgan fingerprint density at radius 2 is 1.81 bits per heavy atom. The summed E-state index contributed by atoms with van der Waals surface area (Å²) in [5.74, 6) is 0.0933. The van der Waals surface area contributed by atoms with Gasteiger partial charge in [0.2, 0.25) is 0 Å². The molecule has 0 aliphatic carbocycles. The maximum Gasteiger partial charge on any atom is 0.159 e. The molecule has 110 valence electrons. The molecule has 0 unspecified atom stereocenters. The van der Waals surface area contributed by atoms with Crippen molar-refractivity contribution in [2.45, 2.75) is 26.8 Å². The minimum absolute atomic E-state index is 0.0933. The molecule has 2 N–H and O–H groups in total. The number of hydrogen-bond acceptors (Lipinski definition) is 3. The summed E-state index contributed by atoms with van der Waals surface area (Å²) in [6.07, 6.45) is 0. The Morgan fingerprint density at radius 1 is 1.10 bits per heavy atom. The molecule has 3 nitrogen and oxygen atoms in total. The fourth-order valence-electron chi connectivity index (χ4n) is 2.16. The number of aryl methyl sites for hydroxylation is 1. The summed E-state index contributed by atoms with van der Waals surface area (Å²) in [4.78, 5) is 11.2. The van der Waals surface area contributed by atoms with Crippen LogP contribution in [-0.4, -0.2) is 18.4 Å². The van der Waals surface area contributed by atoms with E-state index in [1.807, 2.05) is 24.3 Å². The number of anilines is 2. The van der Waals surface area contributed by atoms with Crippen molar-refractivity contribution in [2.24, 2.45) is 0 Å². The molecule has 3 heteroatoms. The monoisotopic (exact) mass is 282 g/mol. The molecule has 2 aromatic rings. The second-order valence-electron chi connectivity index (χ2n) is 5.43. The highest BCUT2D eigenvalue weighted by Gasteiger charge is 2.03. The summed E-state index contributed by atoms with van der Waals surface area (Å²) in [6, 6.07) is 16.2. The first-order valence-electron chi connectivity index (χ1n) is 7.22. The minimum Gasteiger partial charge on any atom is -0.383 e. The molecular weight excluding hydrogens is 260 g/mol. The van der Waals surface area contributed by atoms with E-state index >= 15 is 0 Å². The van der Waals surface area contributed by atoms with Crippen LogP contribution < -0.4 is 10.6 Å². The third-order valence-corrected chi connectivity index (χ3v) is 3.33. The van der Waals surface area contributed by atoms with Gasteiger partial charge in [-0.15, -0.1) is 0 Å². The van der Waals surface area contributed by atoms with E-state index in [1.54, 1.807) is 6.92 Å². The summed E-state index contributed by atoms with van der Waals surface area (Å²) < 4.78 is 0. The highest BCUT2D eigenvalue weighted by Crippen LogP contribution is 2.13. The molecule has 0 aliphatic heterocycles. The van der Waals surface area contributed by atoms with E-state index in [1.165, 1.54) is 5.56 Å². The van der Waals surface area contributed by atoms with Gasteiger partial charge in [-0.1, -0.05) is 12.1 Å². The highest BCUT2D eigenvalue weighted by molar-refractivity contribution is 5.94. The van der Waals surface area contributed by atoms with E-state index in [2.05, 4.69) is 48.7 Å². The first-order valence-corrected chi connectivity index (χ1v) is 7.22. The second-order valence-corrected chi connectivity index (χ2v) is 5.43. The maximum absolute atomic E-state index is 11.2. The summed E-state index contributed by atoms with van der Waals surface area (Å²) in [5.41, 5.74) is 4.15. The molecule has 0 saturated heterocycles. The Balaban J connectivity index is 1.86.